The normalized spacial score (nSPS) is 20.6. The van der Waals surface area contributed by atoms with Gasteiger partial charge in [0, 0.05) is 63.3 Å². The zero-order valence-electron chi connectivity index (χ0n) is 23.4. The molecular formula is C29H34F6N4O3. The summed E-state index contributed by atoms with van der Waals surface area (Å²) in [6.45, 7) is 3.21. The Hall–Kier alpha value is -3.32. The van der Waals surface area contributed by atoms with Gasteiger partial charge in [-0.05, 0) is 44.3 Å². The van der Waals surface area contributed by atoms with E-state index in [0.29, 0.717) is 51.3 Å². The molecule has 2 aliphatic heterocycles. The largest absolute Gasteiger partial charge is 0.448 e. The lowest BCUT2D eigenvalue weighted by atomic mass is 9.84. The molecule has 230 valence electrons. The van der Waals surface area contributed by atoms with Gasteiger partial charge in [-0.1, -0.05) is 30.3 Å². The van der Waals surface area contributed by atoms with E-state index in [1.54, 1.807) is 4.90 Å². The topological polar surface area (TPSA) is 56.3 Å². The van der Waals surface area contributed by atoms with Gasteiger partial charge in [0.25, 0.3) is 5.91 Å². The van der Waals surface area contributed by atoms with Gasteiger partial charge >= 0.3 is 18.4 Å². The van der Waals surface area contributed by atoms with Gasteiger partial charge in [-0.25, -0.2) is 4.79 Å². The number of hydrogen-bond donors (Lipinski definition) is 0. The fourth-order valence-electron chi connectivity index (χ4n) is 5.49. The van der Waals surface area contributed by atoms with Crippen LogP contribution in [-0.2, 0) is 17.1 Å². The van der Waals surface area contributed by atoms with Gasteiger partial charge < -0.3 is 19.4 Å². The first kappa shape index (κ1) is 31.6. The van der Waals surface area contributed by atoms with Crippen molar-refractivity contribution in [2.75, 3.05) is 66.5 Å². The number of ether oxygens (including phenoxy) is 1. The summed E-state index contributed by atoms with van der Waals surface area (Å²) < 4.78 is 85.9. The Morgan fingerprint density at radius 3 is 2.00 bits per heavy atom. The van der Waals surface area contributed by atoms with Crippen LogP contribution in [0.25, 0.3) is 0 Å². The number of nitrogens with zero attached hydrogens (tertiary/aromatic N) is 4. The van der Waals surface area contributed by atoms with E-state index < -0.39 is 35.0 Å². The molecule has 2 aromatic rings. The molecule has 0 saturated carbocycles. The van der Waals surface area contributed by atoms with Gasteiger partial charge in [-0.3, -0.25) is 9.69 Å². The number of carbonyl (C=O) groups excluding carboxylic acids is 2. The number of rotatable bonds is 6. The molecule has 2 amide bonds. The van der Waals surface area contributed by atoms with E-state index in [2.05, 4.69) is 4.90 Å². The zero-order valence-corrected chi connectivity index (χ0v) is 23.4. The third-order valence-electron chi connectivity index (χ3n) is 7.73. The van der Waals surface area contributed by atoms with E-state index in [1.807, 2.05) is 49.3 Å². The van der Waals surface area contributed by atoms with Gasteiger partial charge in [0.05, 0.1) is 11.1 Å². The van der Waals surface area contributed by atoms with Crippen molar-refractivity contribution in [3.63, 3.8) is 0 Å². The maximum Gasteiger partial charge on any atom is 0.416 e. The van der Waals surface area contributed by atoms with Crippen LogP contribution in [0.4, 0.5) is 31.1 Å². The molecule has 7 nitrogen and oxygen atoms in total. The number of likely N-dealkylation sites (tertiary alicyclic amines) is 1. The summed E-state index contributed by atoms with van der Waals surface area (Å²) in [6.07, 6.45) is -10.0. The minimum Gasteiger partial charge on any atom is -0.448 e. The molecule has 0 N–H and O–H groups in total. The quantitative estimate of drug-likeness (QED) is 0.435. The Balaban J connectivity index is 1.50. The van der Waals surface area contributed by atoms with Crippen molar-refractivity contribution in [3.8, 4) is 0 Å². The van der Waals surface area contributed by atoms with Gasteiger partial charge in [0.15, 0.2) is 0 Å². The lowest BCUT2D eigenvalue weighted by molar-refractivity contribution is -0.143. The second-order valence-electron chi connectivity index (χ2n) is 10.9. The molecule has 2 fully saturated rings. The summed E-state index contributed by atoms with van der Waals surface area (Å²) in [5.41, 5.74) is -2.78. The average Bonchev–Trinajstić information content (AvgIpc) is 2.95. The van der Waals surface area contributed by atoms with Gasteiger partial charge in [-0.2, -0.15) is 26.3 Å². The van der Waals surface area contributed by atoms with Crippen molar-refractivity contribution in [2.45, 2.75) is 30.7 Å². The van der Waals surface area contributed by atoms with Crippen LogP contribution in [0, 0.1) is 0 Å². The van der Waals surface area contributed by atoms with Crippen LogP contribution >= 0.6 is 0 Å². The van der Waals surface area contributed by atoms with Crippen molar-refractivity contribution in [1.29, 1.82) is 0 Å². The van der Waals surface area contributed by atoms with E-state index in [-0.39, 0.29) is 43.8 Å². The van der Waals surface area contributed by atoms with E-state index in [0.717, 1.165) is 5.56 Å². The van der Waals surface area contributed by atoms with Crippen LogP contribution in [0.1, 0.15) is 39.4 Å². The first-order valence-corrected chi connectivity index (χ1v) is 13.7. The molecule has 0 radical (unpaired) electrons. The highest BCUT2D eigenvalue weighted by atomic mass is 19.4. The van der Waals surface area contributed by atoms with Crippen LogP contribution in [0.3, 0.4) is 0 Å². The third kappa shape index (κ3) is 7.74. The lowest BCUT2D eigenvalue weighted by Gasteiger charge is -2.46. The molecule has 13 heteroatoms. The first-order chi connectivity index (χ1) is 19.7. The highest BCUT2D eigenvalue weighted by Gasteiger charge is 2.40. The number of hydrogen-bond acceptors (Lipinski definition) is 5. The molecule has 2 atom stereocenters. The number of piperazine rings is 1. The average molecular weight is 601 g/mol. The number of alkyl halides is 6. The van der Waals surface area contributed by atoms with Crippen molar-refractivity contribution in [2.24, 2.45) is 0 Å². The lowest BCUT2D eigenvalue weighted by Crippen LogP contribution is -2.57. The van der Waals surface area contributed by atoms with E-state index in [9.17, 15) is 35.9 Å². The van der Waals surface area contributed by atoms with Crippen molar-refractivity contribution in [1.82, 2.24) is 19.6 Å². The highest BCUT2D eigenvalue weighted by molar-refractivity contribution is 5.95. The van der Waals surface area contributed by atoms with E-state index >= 15 is 0 Å². The Morgan fingerprint density at radius 1 is 0.857 bits per heavy atom. The predicted molar refractivity (Wildman–Crippen MR) is 143 cm³/mol. The van der Waals surface area contributed by atoms with Crippen molar-refractivity contribution >= 4 is 12.0 Å². The third-order valence-corrected chi connectivity index (χ3v) is 7.73. The monoisotopic (exact) mass is 600 g/mol. The number of amides is 2. The van der Waals surface area contributed by atoms with Crippen molar-refractivity contribution in [3.05, 3.63) is 70.8 Å². The molecule has 2 aromatic carbocycles. The van der Waals surface area contributed by atoms with Crippen LogP contribution in [0.2, 0.25) is 0 Å². The predicted octanol–water partition coefficient (Wildman–Crippen LogP) is 5.04. The van der Waals surface area contributed by atoms with Crippen LogP contribution in [-0.4, -0.2) is 104 Å². The molecule has 4 rings (SSSR count). The second kappa shape index (κ2) is 12.9. The summed E-state index contributed by atoms with van der Waals surface area (Å²) in [6, 6.07) is 10.3. The minimum atomic E-state index is -5.04. The molecule has 0 bridgehead atoms. The van der Waals surface area contributed by atoms with E-state index in [4.69, 9.17) is 4.74 Å². The fourth-order valence-corrected chi connectivity index (χ4v) is 5.49. The van der Waals surface area contributed by atoms with Gasteiger partial charge in [0.2, 0.25) is 0 Å². The minimum absolute atomic E-state index is 0.0213. The molecule has 0 unspecified atom stereocenters. The smallest absolute Gasteiger partial charge is 0.416 e. The SMILES string of the molecule is CN(C)CCOC(=O)N1CCN([C@@H]2CCN(C(=O)c3cc(C(F)(F)F)cc(C(F)(F)F)c3)C[C@@H]2c2ccccc2)CC1. The molecule has 0 aliphatic carbocycles. The Labute approximate surface area is 240 Å². The molecule has 2 aliphatic rings. The number of benzene rings is 2. The fraction of sp³-hybridized carbons (Fsp3) is 0.517. The first-order valence-electron chi connectivity index (χ1n) is 13.7. The number of carbonyl (C=O) groups is 2. The maximum absolute atomic E-state index is 13.4. The molecule has 0 aromatic heterocycles. The molecule has 2 heterocycles. The summed E-state index contributed by atoms with van der Waals surface area (Å²) in [5.74, 6) is -1.12. The number of likely N-dealkylation sites (N-methyl/N-ethyl adjacent to an activating group) is 1. The Morgan fingerprint density at radius 2 is 1.45 bits per heavy atom. The van der Waals surface area contributed by atoms with E-state index in [1.165, 1.54) is 4.90 Å². The Bertz CT molecular complexity index is 1200. The molecule has 0 spiro atoms. The number of piperidine rings is 1. The van der Waals surface area contributed by atoms with Crippen molar-refractivity contribution < 1.29 is 40.7 Å². The van der Waals surface area contributed by atoms with Crippen LogP contribution in [0.5, 0.6) is 0 Å². The summed E-state index contributed by atoms with van der Waals surface area (Å²) in [4.78, 5) is 33.0. The van der Waals surface area contributed by atoms with Crippen LogP contribution < -0.4 is 0 Å². The van der Waals surface area contributed by atoms with Crippen LogP contribution in [0.15, 0.2) is 48.5 Å². The molecular weight excluding hydrogens is 566 g/mol. The summed E-state index contributed by atoms with van der Waals surface area (Å²) in [7, 11) is 3.77. The number of halogens is 6. The van der Waals surface area contributed by atoms with Gasteiger partial charge in [0.1, 0.15) is 6.61 Å². The maximum atomic E-state index is 13.4. The standard InChI is InChI=1S/C29H34F6N4O3/c1-36(2)14-15-42-27(41)38-12-10-37(11-13-38)25-8-9-39(19-24(25)20-6-4-3-5-7-20)26(40)21-16-22(28(30,31)32)18-23(17-21)29(33,34)35/h3-7,16-18,24-25H,8-15,19H2,1-2H3/t24-,25-/m1/s1. The summed E-state index contributed by atoms with van der Waals surface area (Å²) in [5, 5.41) is 0. The zero-order chi connectivity index (χ0) is 30.7. The molecule has 2 saturated heterocycles. The Kier molecular flexibility index (Phi) is 9.71. The second-order valence-corrected chi connectivity index (χ2v) is 10.9. The summed E-state index contributed by atoms with van der Waals surface area (Å²) >= 11 is 0. The highest BCUT2D eigenvalue weighted by Crippen LogP contribution is 2.38. The molecule has 42 heavy (non-hydrogen) atoms. The van der Waals surface area contributed by atoms with Gasteiger partial charge in [-0.15, -0.1) is 0 Å².